The topological polar surface area (TPSA) is 75.2 Å². The van der Waals surface area contributed by atoms with Gasteiger partial charge < -0.3 is 10.2 Å². The van der Waals surface area contributed by atoms with Gasteiger partial charge in [-0.05, 0) is 19.4 Å². The van der Waals surface area contributed by atoms with Crippen LogP contribution in [-0.2, 0) is 16.1 Å². The fourth-order valence-electron chi connectivity index (χ4n) is 2.33. The molecule has 6 heteroatoms. The van der Waals surface area contributed by atoms with Crippen molar-refractivity contribution in [3.05, 3.63) is 23.8 Å². The van der Waals surface area contributed by atoms with Gasteiger partial charge in [0.15, 0.2) is 0 Å². The lowest BCUT2D eigenvalue weighted by Gasteiger charge is -2.23. The number of nitrogens with zero attached hydrogens (tertiary/aromatic N) is 3. The van der Waals surface area contributed by atoms with E-state index >= 15 is 0 Å². The quantitative estimate of drug-likeness (QED) is 0.882. The van der Waals surface area contributed by atoms with E-state index < -0.39 is 6.04 Å². The van der Waals surface area contributed by atoms with Gasteiger partial charge in [0.25, 0.3) is 0 Å². The van der Waals surface area contributed by atoms with Gasteiger partial charge in [-0.2, -0.15) is 0 Å². The third kappa shape index (κ3) is 3.53. The number of aromatic nitrogens is 2. The van der Waals surface area contributed by atoms with Gasteiger partial charge in [-0.1, -0.05) is 13.3 Å². The molecule has 1 N–H and O–H groups in total. The van der Waals surface area contributed by atoms with Crippen molar-refractivity contribution in [3.63, 3.8) is 0 Å². The summed E-state index contributed by atoms with van der Waals surface area (Å²) in [6.45, 7) is 4.69. The molecule has 2 amide bonds. The Morgan fingerprint density at radius 1 is 1.45 bits per heavy atom. The van der Waals surface area contributed by atoms with Crippen LogP contribution in [0.5, 0.6) is 0 Å². The zero-order valence-corrected chi connectivity index (χ0v) is 11.9. The van der Waals surface area contributed by atoms with Crippen LogP contribution in [0.1, 0.15) is 37.7 Å². The molecule has 1 unspecified atom stereocenters. The second-order valence-electron chi connectivity index (χ2n) is 5.01. The number of hydrogen-bond acceptors (Lipinski definition) is 4. The predicted molar refractivity (Wildman–Crippen MR) is 73.6 cm³/mol. The molecule has 0 aromatic carbocycles. The Kier molecular flexibility index (Phi) is 4.65. The highest BCUT2D eigenvalue weighted by Crippen LogP contribution is 2.11. The SMILES string of the molecule is CCCC1NC(=O)CCN(Cc2ccnc(C)n2)C1=O. The molecule has 1 fully saturated rings. The maximum atomic E-state index is 12.4. The van der Waals surface area contributed by atoms with E-state index in [1.165, 1.54) is 0 Å². The van der Waals surface area contributed by atoms with Gasteiger partial charge in [0, 0.05) is 19.2 Å². The molecule has 1 aliphatic rings. The first-order valence-corrected chi connectivity index (χ1v) is 6.97. The number of aryl methyl sites for hydroxylation is 1. The number of hydrogen-bond donors (Lipinski definition) is 1. The first kappa shape index (κ1) is 14.4. The van der Waals surface area contributed by atoms with E-state index in [2.05, 4.69) is 15.3 Å². The number of carbonyl (C=O) groups is 2. The monoisotopic (exact) mass is 276 g/mol. The standard InChI is InChI=1S/C14H20N4O2/c1-3-4-12-14(20)18(8-6-13(19)17-12)9-11-5-7-15-10(2)16-11/h5,7,12H,3-4,6,8-9H2,1-2H3,(H,17,19). The van der Waals surface area contributed by atoms with Gasteiger partial charge >= 0.3 is 0 Å². The van der Waals surface area contributed by atoms with Crippen molar-refractivity contribution < 1.29 is 9.59 Å². The smallest absolute Gasteiger partial charge is 0.245 e. The third-order valence-corrected chi connectivity index (χ3v) is 3.32. The summed E-state index contributed by atoms with van der Waals surface area (Å²) in [5.74, 6) is 0.608. The Balaban J connectivity index is 2.12. The van der Waals surface area contributed by atoms with Gasteiger partial charge in [0.1, 0.15) is 11.9 Å². The molecule has 2 heterocycles. The molecule has 0 radical (unpaired) electrons. The van der Waals surface area contributed by atoms with Crippen LogP contribution < -0.4 is 5.32 Å². The van der Waals surface area contributed by atoms with Gasteiger partial charge in [-0.15, -0.1) is 0 Å². The van der Waals surface area contributed by atoms with Crippen LogP contribution in [0.4, 0.5) is 0 Å². The van der Waals surface area contributed by atoms with Gasteiger partial charge in [-0.3, -0.25) is 9.59 Å². The van der Waals surface area contributed by atoms with E-state index in [-0.39, 0.29) is 11.8 Å². The number of amides is 2. The zero-order valence-electron chi connectivity index (χ0n) is 11.9. The Morgan fingerprint density at radius 3 is 2.95 bits per heavy atom. The molecular formula is C14H20N4O2. The van der Waals surface area contributed by atoms with E-state index in [0.29, 0.717) is 31.8 Å². The first-order chi connectivity index (χ1) is 9.60. The molecule has 6 nitrogen and oxygen atoms in total. The summed E-state index contributed by atoms with van der Waals surface area (Å²) in [6.07, 6.45) is 3.56. The molecule has 20 heavy (non-hydrogen) atoms. The fourth-order valence-corrected chi connectivity index (χ4v) is 2.33. The van der Waals surface area contributed by atoms with Crippen LogP contribution in [0, 0.1) is 6.92 Å². The van der Waals surface area contributed by atoms with Crippen molar-refractivity contribution >= 4 is 11.8 Å². The minimum Gasteiger partial charge on any atom is -0.344 e. The molecule has 1 aromatic rings. The van der Waals surface area contributed by atoms with Crippen molar-refractivity contribution in [2.24, 2.45) is 0 Å². The van der Waals surface area contributed by atoms with Crippen LogP contribution in [0.25, 0.3) is 0 Å². The molecule has 2 rings (SSSR count). The fraction of sp³-hybridized carbons (Fsp3) is 0.571. The minimum absolute atomic E-state index is 0.0195. The molecule has 1 aliphatic heterocycles. The largest absolute Gasteiger partial charge is 0.344 e. The second kappa shape index (κ2) is 6.45. The molecule has 0 saturated carbocycles. The molecule has 0 spiro atoms. The number of nitrogens with one attached hydrogen (secondary N) is 1. The summed E-state index contributed by atoms with van der Waals surface area (Å²) < 4.78 is 0. The van der Waals surface area contributed by atoms with Crippen LogP contribution in [0.15, 0.2) is 12.3 Å². The molecule has 0 bridgehead atoms. The highest BCUT2D eigenvalue weighted by molar-refractivity contribution is 5.89. The van der Waals surface area contributed by atoms with Crippen molar-refractivity contribution in [2.75, 3.05) is 6.54 Å². The molecule has 1 aromatic heterocycles. The molecular weight excluding hydrogens is 256 g/mol. The maximum Gasteiger partial charge on any atom is 0.245 e. The molecule has 0 aliphatic carbocycles. The predicted octanol–water partition coefficient (Wildman–Crippen LogP) is 0.802. The lowest BCUT2D eigenvalue weighted by atomic mass is 10.1. The van der Waals surface area contributed by atoms with Crippen LogP contribution in [0.2, 0.25) is 0 Å². The van der Waals surface area contributed by atoms with E-state index in [4.69, 9.17) is 0 Å². The minimum atomic E-state index is -0.405. The van der Waals surface area contributed by atoms with E-state index in [1.54, 1.807) is 17.2 Å². The Hall–Kier alpha value is -1.98. The van der Waals surface area contributed by atoms with Gasteiger partial charge in [0.2, 0.25) is 11.8 Å². The second-order valence-corrected chi connectivity index (χ2v) is 5.01. The van der Waals surface area contributed by atoms with Crippen molar-refractivity contribution in [1.29, 1.82) is 0 Å². The first-order valence-electron chi connectivity index (χ1n) is 6.97. The summed E-state index contributed by atoms with van der Waals surface area (Å²) in [7, 11) is 0. The summed E-state index contributed by atoms with van der Waals surface area (Å²) in [5, 5.41) is 2.79. The molecule has 1 saturated heterocycles. The highest BCUT2D eigenvalue weighted by Gasteiger charge is 2.29. The van der Waals surface area contributed by atoms with Gasteiger partial charge in [-0.25, -0.2) is 9.97 Å². The summed E-state index contributed by atoms with van der Waals surface area (Å²) in [5.41, 5.74) is 0.801. The average molecular weight is 276 g/mol. The number of rotatable bonds is 4. The van der Waals surface area contributed by atoms with Crippen molar-refractivity contribution in [2.45, 2.75) is 45.7 Å². The summed E-state index contributed by atoms with van der Waals surface area (Å²) in [6, 6.07) is 1.40. The van der Waals surface area contributed by atoms with Crippen LogP contribution in [0.3, 0.4) is 0 Å². The maximum absolute atomic E-state index is 12.4. The molecule has 108 valence electrons. The number of carbonyl (C=O) groups excluding carboxylic acids is 2. The van der Waals surface area contributed by atoms with Crippen LogP contribution >= 0.6 is 0 Å². The van der Waals surface area contributed by atoms with E-state index in [9.17, 15) is 9.59 Å². The third-order valence-electron chi connectivity index (χ3n) is 3.32. The Labute approximate surface area is 118 Å². The zero-order chi connectivity index (χ0) is 14.5. The lowest BCUT2D eigenvalue weighted by molar-refractivity contribution is -0.134. The lowest BCUT2D eigenvalue weighted by Crippen LogP contribution is -2.44. The normalized spacial score (nSPS) is 19.7. The van der Waals surface area contributed by atoms with Crippen molar-refractivity contribution in [3.8, 4) is 0 Å². The Bertz CT molecular complexity index is 504. The summed E-state index contributed by atoms with van der Waals surface area (Å²) >= 11 is 0. The Morgan fingerprint density at radius 2 is 2.25 bits per heavy atom. The van der Waals surface area contributed by atoms with Gasteiger partial charge in [0.05, 0.1) is 12.2 Å². The van der Waals surface area contributed by atoms with E-state index in [1.807, 2.05) is 13.8 Å². The summed E-state index contributed by atoms with van der Waals surface area (Å²) in [4.78, 5) is 34.2. The average Bonchev–Trinajstić information content (AvgIpc) is 2.53. The van der Waals surface area contributed by atoms with Crippen molar-refractivity contribution in [1.82, 2.24) is 20.2 Å². The van der Waals surface area contributed by atoms with Crippen LogP contribution in [-0.4, -0.2) is 39.3 Å². The highest BCUT2D eigenvalue weighted by atomic mass is 16.2. The molecule has 1 atom stereocenters. The van der Waals surface area contributed by atoms with E-state index in [0.717, 1.165) is 12.1 Å².